The van der Waals surface area contributed by atoms with E-state index in [1.807, 2.05) is 0 Å². The highest BCUT2D eigenvalue weighted by molar-refractivity contribution is 5.50. The third kappa shape index (κ3) is 2.39. The van der Waals surface area contributed by atoms with Gasteiger partial charge < -0.3 is 19.3 Å². The molecule has 0 amide bonds. The second-order valence-corrected chi connectivity index (χ2v) is 3.77. The van der Waals surface area contributed by atoms with Gasteiger partial charge in [0.25, 0.3) is 0 Å². The first-order valence-corrected chi connectivity index (χ1v) is 5.41. The van der Waals surface area contributed by atoms with Crippen LogP contribution in [0.5, 0.6) is 17.2 Å². The second-order valence-electron chi connectivity index (χ2n) is 3.77. The average molecular weight is 224 g/mol. The summed E-state index contributed by atoms with van der Waals surface area (Å²) in [6, 6.07) is 5.09. The van der Waals surface area contributed by atoms with Gasteiger partial charge in [-0.15, -0.1) is 0 Å². The maximum Gasteiger partial charge on any atom is 0.203 e. The predicted molar refractivity (Wildman–Crippen MR) is 59.1 cm³/mol. The first-order valence-electron chi connectivity index (χ1n) is 5.41. The molecule has 1 heterocycles. The number of para-hydroxylation sites is 1. The molecule has 4 heteroatoms. The Labute approximate surface area is 94.8 Å². The fraction of sp³-hybridized carbons (Fsp3) is 0.500. The van der Waals surface area contributed by atoms with Crippen molar-refractivity contribution in [1.82, 2.24) is 0 Å². The molecule has 1 aliphatic rings. The summed E-state index contributed by atoms with van der Waals surface area (Å²) in [5, 5.41) is 9.58. The summed E-state index contributed by atoms with van der Waals surface area (Å²) < 4.78 is 16.2. The highest BCUT2D eigenvalue weighted by Gasteiger charge is 2.18. The van der Waals surface area contributed by atoms with Crippen molar-refractivity contribution in [1.29, 1.82) is 0 Å². The molecule has 1 saturated heterocycles. The molecule has 1 aliphatic heterocycles. The molecule has 1 N–H and O–H groups in total. The molecule has 2 rings (SSSR count). The zero-order chi connectivity index (χ0) is 11.4. The van der Waals surface area contributed by atoms with Crippen molar-refractivity contribution in [2.24, 2.45) is 0 Å². The van der Waals surface area contributed by atoms with Gasteiger partial charge in [0.2, 0.25) is 5.75 Å². The topological polar surface area (TPSA) is 47.9 Å². The van der Waals surface area contributed by atoms with Crippen molar-refractivity contribution in [3.63, 3.8) is 0 Å². The Kier molecular flexibility index (Phi) is 3.51. The highest BCUT2D eigenvalue weighted by atomic mass is 16.6. The molecule has 0 aromatic heterocycles. The Morgan fingerprint density at radius 1 is 1.44 bits per heavy atom. The number of aromatic hydroxyl groups is 1. The molecule has 1 unspecified atom stereocenters. The van der Waals surface area contributed by atoms with E-state index in [9.17, 15) is 5.11 Å². The van der Waals surface area contributed by atoms with Crippen LogP contribution in [0.1, 0.15) is 12.8 Å². The molecule has 1 atom stereocenters. The summed E-state index contributed by atoms with van der Waals surface area (Å²) in [4.78, 5) is 0. The summed E-state index contributed by atoms with van der Waals surface area (Å²) >= 11 is 0. The van der Waals surface area contributed by atoms with Gasteiger partial charge >= 0.3 is 0 Å². The lowest BCUT2D eigenvalue weighted by Gasteiger charge is -2.24. The fourth-order valence-electron chi connectivity index (χ4n) is 1.79. The van der Waals surface area contributed by atoms with Crippen LogP contribution in [-0.4, -0.2) is 31.5 Å². The molecule has 1 aromatic rings. The van der Waals surface area contributed by atoms with Gasteiger partial charge in [-0.3, -0.25) is 0 Å². The van der Waals surface area contributed by atoms with E-state index in [0.29, 0.717) is 18.1 Å². The van der Waals surface area contributed by atoms with Crippen molar-refractivity contribution >= 4 is 0 Å². The van der Waals surface area contributed by atoms with Gasteiger partial charge in [-0.25, -0.2) is 0 Å². The van der Waals surface area contributed by atoms with Gasteiger partial charge in [0.15, 0.2) is 11.5 Å². The van der Waals surface area contributed by atoms with Crippen molar-refractivity contribution in [2.45, 2.75) is 18.9 Å². The standard InChI is InChI=1S/C12H16O4/c1-14-12-10(13)5-2-6-11(12)16-9-4-3-7-15-8-9/h2,5-6,9,13H,3-4,7-8H2,1H3. The lowest BCUT2D eigenvalue weighted by atomic mass is 10.2. The lowest BCUT2D eigenvalue weighted by Crippen LogP contribution is -2.28. The number of benzene rings is 1. The monoisotopic (exact) mass is 224 g/mol. The highest BCUT2D eigenvalue weighted by Crippen LogP contribution is 2.36. The maximum atomic E-state index is 9.58. The molecular weight excluding hydrogens is 208 g/mol. The quantitative estimate of drug-likeness (QED) is 0.852. The van der Waals surface area contributed by atoms with Crippen LogP contribution in [0.3, 0.4) is 0 Å². The van der Waals surface area contributed by atoms with Gasteiger partial charge in [0, 0.05) is 6.61 Å². The molecule has 0 spiro atoms. The van der Waals surface area contributed by atoms with Gasteiger partial charge in [-0.05, 0) is 25.0 Å². The van der Waals surface area contributed by atoms with Crippen molar-refractivity contribution in [3.05, 3.63) is 18.2 Å². The minimum absolute atomic E-state index is 0.0458. The van der Waals surface area contributed by atoms with Crippen LogP contribution in [0, 0.1) is 0 Å². The van der Waals surface area contributed by atoms with E-state index in [2.05, 4.69) is 0 Å². The minimum Gasteiger partial charge on any atom is -0.504 e. The largest absolute Gasteiger partial charge is 0.504 e. The normalized spacial score (nSPS) is 20.4. The zero-order valence-electron chi connectivity index (χ0n) is 9.31. The van der Waals surface area contributed by atoms with E-state index in [4.69, 9.17) is 14.2 Å². The van der Waals surface area contributed by atoms with Crippen LogP contribution in [0.2, 0.25) is 0 Å². The summed E-state index contributed by atoms with van der Waals surface area (Å²) in [7, 11) is 1.51. The Bertz CT molecular complexity index is 345. The molecule has 4 nitrogen and oxygen atoms in total. The molecule has 88 valence electrons. The van der Waals surface area contributed by atoms with E-state index >= 15 is 0 Å². The van der Waals surface area contributed by atoms with Crippen molar-refractivity contribution < 1.29 is 19.3 Å². The Hall–Kier alpha value is -1.42. The molecule has 0 saturated carbocycles. The van der Waals surface area contributed by atoms with E-state index in [-0.39, 0.29) is 11.9 Å². The molecule has 1 fully saturated rings. The van der Waals surface area contributed by atoms with Gasteiger partial charge in [-0.1, -0.05) is 6.07 Å². The maximum absolute atomic E-state index is 9.58. The van der Waals surface area contributed by atoms with Crippen molar-refractivity contribution in [3.8, 4) is 17.2 Å². The summed E-state index contributed by atoms with van der Waals surface area (Å²) in [6.45, 7) is 1.40. The fourth-order valence-corrected chi connectivity index (χ4v) is 1.79. The Morgan fingerprint density at radius 2 is 2.31 bits per heavy atom. The third-order valence-electron chi connectivity index (χ3n) is 2.57. The SMILES string of the molecule is COc1c(O)cccc1OC1CCCOC1. The summed E-state index contributed by atoms with van der Waals surface area (Å²) in [5.41, 5.74) is 0. The van der Waals surface area contributed by atoms with Crippen LogP contribution in [0.25, 0.3) is 0 Å². The van der Waals surface area contributed by atoms with E-state index in [1.165, 1.54) is 7.11 Å². The summed E-state index contributed by atoms with van der Waals surface area (Å²) in [5.74, 6) is 1.04. The van der Waals surface area contributed by atoms with Crippen LogP contribution >= 0.6 is 0 Å². The van der Waals surface area contributed by atoms with E-state index < -0.39 is 0 Å². The molecule has 0 aliphatic carbocycles. The zero-order valence-corrected chi connectivity index (χ0v) is 9.31. The molecule has 0 bridgehead atoms. The minimum atomic E-state index is 0.0458. The number of rotatable bonds is 3. The lowest BCUT2D eigenvalue weighted by molar-refractivity contribution is 0.00631. The Morgan fingerprint density at radius 3 is 3.00 bits per heavy atom. The average Bonchev–Trinajstić information content (AvgIpc) is 2.31. The number of phenolic OH excluding ortho intramolecular Hbond substituents is 1. The van der Waals surface area contributed by atoms with Gasteiger partial charge in [0.05, 0.1) is 13.7 Å². The predicted octanol–water partition coefficient (Wildman–Crippen LogP) is 1.96. The van der Waals surface area contributed by atoms with Crippen LogP contribution in [-0.2, 0) is 4.74 Å². The van der Waals surface area contributed by atoms with Crippen LogP contribution in [0.4, 0.5) is 0 Å². The summed E-state index contributed by atoms with van der Waals surface area (Å²) in [6.07, 6.45) is 2.02. The second kappa shape index (κ2) is 5.07. The van der Waals surface area contributed by atoms with E-state index in [1.54, 1.807) is 18.2 Å². The first-order chi connectivity index (χ1) is 7.81. The van der Waals surface area contributed by atoms with E-state index in [0.717, 1.165) is 19.4 Å². The number of hydrogen-bond acceptors (Lipinski definition) is 4. The molecular formula is C12H16O4. The number of hydrogen-bond donors (Lipinski definition) is 1. The molecule has 16 heavy (non-hydrogen) atoms. The van der Waals surface area contributed by atoms with Gasteiger partial charge in [-0.2, -0.15) is 0 Å². The van der Waals surface area contributed by atoms with Crippen LogP contribution < -0.4 is 9.47 Å². The number of ether oxygens (including phenoxy) is 3. The van der Waals surface area contributed by atoms with Crippen LogP contribution in [0.15, 0.2) is 18.2 Å². The third-order valence-corrected chi connectivity index (χ3v) is 2.57. The first kappa shape index (κ1) is 11.1. The number of methoxy groups -OCH3 is 1. The molecule has 1 aromatic carbocycles. The van der Waals surface area contributed by atoms with Crippen molar-refractivity contribution in [2.75, 3.05) is 20.3 Å². The Balaban J connectivity index is 2.10. The van der Waals surface area contributed by atoms with Gasteiger partial charge in [0.1, 0.15) is 6.10 Å². The molecule has 0 radical (unpaired) electrons. The smallest absolute Gasteiger partial charge is 0.203 e. The number of phenols is 1.